The summed E-state index contributed by atoms with van der Waals surface area (Å²) in [6.07, 6.45) is 0. The fourth-order valence-electron chi connectivity index (χ4n) is 1.67. The molecule has 0 aliphatic carbocycles. The molecule has 1 rings (SSSR count). The molecule has 2 N–H and O–H groups in total. The SMILES string of the molecule is O=C(c1cccc(S(=O)(=O)C(Br)(Br)Br)c1)N(CCO)CCO. The first-order valence-corrected chi connectivity index (χ1v) is 9.93. The van der Waals surface area contributed by atoms with Gasteiger partial charge in [0.05, 0.1) is 18.1 Å². The summed E-state index contributed by atoms with van der Waals surface area (Å²) in [4.78, 5) is 13.5. The van der Waals surface area contributed by atoms with Gasteiger partial charge in [0.2, 0.25) is 11.3 Å². The lowest BCUT2D eigenvalue weighted by molar-refractivity contribution is 0.0684. The van der Waals surface area contributed by atoms with E-state index in [1.807, 2.05) is 0 Å². The van der Waals surface area contributed by atoms with Gasteiger partial charge < -0.3 is 15.1 Å². The maximum atomic E-state index is 12.3. The lowest BCUT2D eigenvalue weighted by Crippen LogP contribution is -2.36. The van der Waals surface area contributed by atoms with Crippen molar-refractivity contribution in [2.24, 2.45) is 0 Å². The van der Waals surface area contributed by atoms with Gasteiger partial charge in [0.15, 0.2) is 0 Å². The third kappa shape index (κ3) is 4.75. The predicted octanol–water partition coefficient (Wildman–Crippen LogP) is 1.68. The number of hydrogen-bond donors (Lipinski definition) is 2. The van der Waals surface area contributed by atoms with E-state index in [0.29, 0.717) is 0 Å². The quantitative estimate of drug-likeness (QED) is 0.553. The number of sulfone groups is 1. The molecule has 0 aliphatic heterocycles. The van der Waals surface area contributed by atoms with Gasteiger partial charge in [0, 0.05) is 18.7 Å². The van der Waals surface area contributed by atoms with E-state index in [0.717, 1.165) is 0 Å². The molecule has 0 atom stereocenters. The summed E-state index contributed by atoms with van der Waals surface area (Å²) in [6, 6.07) is 5.54. The number of aliphatic hydroxyl groups excluding tert-OH is 2. The molecule has 1 amide bonds. The van der Waals surface area contributed by atoms with Crippen LogP contribution in [0.2, 0.25) is 0 Å². The number of benzene rings is 1. The molecule has 0 aromatic heterocycles. The standard InChI is InChI=1S/C12H14Br3NO5S/c13-12(14,15)22(20,21)10-3-1-2-9(8-10)11(19)16(4-6-17)5-7-18/h1-3,8,17-18H,4-7H2. The molecule has 22 heavy (non-hydrogen) atoms. The molecular weight excluding hydrogens is 510 g/mol. The summed E-state index contributed by atoms with van der Waals surface area (Å²) < 4.78 is 23.1. The van der Waals surface area contributed by atoms with Gasteiger partial charge in [0.1, 0.15) is 0 Å². The van der Waals surface area contributed by atoms with Gasteiger partial charge in [-0.05, 0) is 66.0 Å². The van der Waals surface area contributed by atoms with Crippen LogP contribution in [0.4, 0.5) is 0 Å². The van der Waals surface area contributed by atoms with Gasteiger partial charge >= 0.3 is 0 Å². The molecule has 0 spiro atoms. The highest BCUT2D eigenvalue weighted by molar-refractivity contribution is 9.42. The van der Waals surface area contributed by atoms with Crippen molar-refractivity contribution in [2.45, 2.75) is 6.37 Å². The number of rotatable bonds is 6. The molecule has 0 fully saturated rings. The third-order valence-corrected chi connectivity index (χ3v) is 8.04. The third-order valence-electron chi connectivity index (χ3n) is 2.72. The van der Waals surface area contributed by atoms with Crippen LogP contribution >= 0.6 is 47.8 Å². The van der Waals surface area contributed by atoms with E-state index in [2.05, 4.69) is 47.8 Å². The van der Waals surface area contributed by atoms with Crippen LogP contribution in [0, 0.1) is 0 Å². The lowest BCUT2D eigenvalue weighted by Gasteiger charge is -2.21. The van der Waals surface area contributed by atoms with Crippen LogP contribution in [0.25, 0.3) is 0 Å². The summed E-state index contributed by atoms with van der Waals surface area (Å²) in [5, 5.41) is 17.9. The first-order valence-electron chi connectivity index (χ1n) is 6.07. The first-order chi connectivity index (χ1) is 10.1. The van der Waals surface area contributed by atoms with Crippen molar-refractivity contribution in [3.8, 4) is 0 Å². The van der Waals surface area contributed by atoms with E-state index in [1.165, 1.54) is 29.2 Å². The Hall–Kier alpha value is -0.0000000000000000971. The highest BCUT2D eigenvalue weighted by atomic mass is 80.0. The zero-order chi connectivity index (χ0) is 17.0. The topological polar surface area (TPSA) is 94.9 Å². The Morgan fingerprint density at radius 2 is 1.68 bits per heavy atom. The van der Waals surface area contributed by atoms with E-state index >= 15 is 0 Å². The van der Waals surface area contributed by atoms with Crippen LogP contribution in [-0.2, 0) is 9.84 Å². The second-order valence-electron chi connectivity index (χ2n) is 4.22. The Balaban J connectivity index is 3.19. The molecule has 124 valence electrons. The van der Waals surface area contributed by atoms with Crippen molar-refractivity contribution in [1.29, 1.82) is 0 Å². The maximum Gasteiger partial charge on any atom is 0.254 e. The molecule has 0 saturated carbocycles. The van der Waals surface area contributed by atoms with Crippen molar-refractivity contribution in [1.82, 2.24) is 4.90 Å². The monoisotopic (exact) mass is 521 g/mol. The highest BCUT2D eigenvalue weighted by Gasteiger charge is 2.37. The Bertz CT molecular complexity index is 624. The Labute approximate surface area is 153 Å². The van der Waals surface area contributed by atoms with E-state index in [1.54, 1.807) is 0 Å². The van der Waals surface area contributed by atoms with Gasteiger partial charge in [-0.25, -0.2) is 8.42 Å². The molecule has 0 bridgehead atoms. The zero-order valence-corrected chi connectivity index (χ0v) is 16.8. The molecule has 10 heteroatoms. The average Bonchev–Trinajstić information content (AvgIpc) is 2.45. The van der Waals surface area contributed by atoms with Crippen LogP contribution in [-0.4, -0.2) is 57.2 Å². The van der Waals surface area contributed by atoms with E-state index < -0.39 is 17.2 Å². The molecular formula is C12H14Br3NO5S. The highest BCUT2D eigenvalue weighted by Crippen LogP contribution is 2.43. The number of alkyl halides is 3. The second kappa shape index (κ2) is 8.20. The van der Waals surface area contributed by atoms with Crippen LogP contribution in [0.3, 0.4) is 0 Å². The number of carbonyl (C=O) groups is 1. The number of aliphatic hydroxyl groups is 2. The van der Waals surface area contributed by atoms with Crippen molar-refractivity contribution < 1.29 is 23.4 Å². The van der Waals surface area contributed by atoms with Gasteiger partial charge in [-0.3, -0.25) is 4.79 Å². The molecule has 1 aromatic carbocycles. The molecule has 0 unspecified atom stereocenters. The van der Waals surface area contributed by atoms with Gasteiger partial charge in [-0.15, -0.1) is 0 Å². The van der Waals surface area contributed by atoms with Crippen LogP contribution < -0.4 is 0 Å². The van der Waals surface area contributed by atoms with Crippen LogP contribution in [0.15, 0.2) is 29.2 Å². The van der Waals surface area contributed by atoms with Gasteiger partial charge in [-0.1, -0.05) is 6.07 Å². The number of halogens is 3. The van der Waals surface area contributed by atoms with Crippen LogP contribution in [0.5, 0.6) is 0 Å². The van der Waals surface area contributed by atoms with Crippen molar-refractivity contribution in [2.75, 3.05) is 26.3 Å². The smallest absolute Gasteiger partial charge is 0.254 e. The Kier molecular flexibility index (Phi) is 7.47. The summed E-state index contributed by atoms with van der Waals surface area (Å²) in [6.45, 7) is -0.403. The molecule has 0 saturated heterocycles. The molecule has 0 aliphatic rings. The van der Waals surface area contributed by atoms with Gasteiger partial charge in [0.25, 0.3) is 5.91 Å². The van der Waals surface area contributed by atoms with Crippen molar-refractivity contribution >= 4 is 63.5 Å². The minimum Gasteiger partial charge on any atom is -0.395 e. The Morgan fingerprint density at radius 3 is 2.14 bits per heavy atom. The number of hydrogen-bond acceptors (Lipinski definition) is 5. The molecule has 1 aromatic rings. The number of amides is 1. The van der Waals surface area contributed by atoms with E-state index in [9.17, 15) is 13.2 Å². The fourth-order valence-corrected chi connectivity index (χ4v) is 4.16. The summed E-state index contributed by atoms with van der Waals surface area (Å²) in [5.74, 6) is -0.468. The molecule has 6 nitrogen and oxygen atoms in total. The van der Waals surface area contributed by atoms with Crippen LogP contribution in [0.1, 0.15) is 10.4 Å². The fraction of sp³-hybridized carbons (Fsp3) is 0.417. The van der Waals surface area contributed by atoms with Gasteiger partial charge in [-0.2, -0.15) is 0 Å². The average molecular weight is 524 g/mol. The summed E-state index contributed by atoms with van der Waals surface area (Å²) in [5.41, 5.74) is 0.153. The maximum absolute atomic E-state index is 12.3. The van der Waals surface area contributed by atoms with Crippen molar-refractivity contribution in [3.63, 3.8) is 0 Å². The minimum atomic E-state index is -3.80. The number of nitrogens with zero attached hydrogens (tertiary/aromatic N) is 1. The molecule has 0 heterocycles. The molecule has 0 radical (unpaired) electrons. The predicted molar refractivity (Wildman–Crippen MR) is 93.2 cm³/mol. The number of carbonyl (C=O) groups excluding carboxylic acids is 1. The largest absolute Gasteiger partial charge is 0.395 e. The Morgan fingerprint density at radius 1 is 1.14 bits per heavy atom. The van der Waals surface area contributed by atoms with E-state index in [-0.39, 0.29) is 36.8 Å². The zero-order valence-electron chi connectivity index (χ0n) is 11.2. The normalized spacial score (nSPS) is 12.2. The first kappa shape index (κ1) is 20.0. The lowest BCUT2D eigenvalue weighted by atomic mass is 10.2. The second-order valence-corrected chi connectivity index (χ2v) is 14.6. The minimum absolute atomic E-state index is 0.0512. The summed E-state index contributed by atoms with van der Waals surface area (Å²) in [7, 11) is -3.80. The summed E-state index contributed by atoms with van der Waals surface area (Å²) >= 11 is 8.88. The van der Waals surface area contributed by atoms with E-state index in [4.69, 9.17) is 10.2 Å². The van der Waals surface area contributed by atoms with Crippen molar-refractivity contribution in [3.05, 3.63) is 29.8 Å².